The van der Waals surface area contributed by atoms with Crippen molar-refractivity contribution in [3.8, 4) is 0 Å². The number of hydrogen-bond donors (Lipinski definition) is 1. The highest BCUT2D eigenvalue weighted by Gasteiger charge is 2.11. The third-order valence-electron chi connectivity index (χ3n) is 3.22. The minimum Gasteiger partial charge on any atom is -0.335 e. The molecule has 1 heterocycles. The van der Waals surface area contributed by atoms with E-state index in [0.717, 1.165) is 23.5 Å². The monoisotopic (exact) mass is 257 g/mol. The van der Waals surface area contributed by atoms with Crippen molar-refractivity contribution in [2.75, 3.05) is 0 Å². The molecule has 0 radical (unpaired) electrons. The van der Waals surface area contributed by atoms with Crippen LogP contribution < -0.4 is 5.73 Å². The number of benzene rings is 1. The molecule has 0 unspecified atom stereocenters. The lowest BCUT2D eigenvalue weighted by molar-refractivity contribution is -0.117. The molecule has 0 bridgehead atoms. The highest BCUT2D eigenvalue weighted by Crippen LogP contribution is 2.10. The average Bonchev–Trinajstić information content (AvgIpc) is 2.86. The van der Waals surface area contributed by atoms with Gasteiger partial charge in [-0.25, -0.2) is 4.98 Å². The Hall–Kier alpha value is -1.94. The van der Waals surface area contributed by atoms with Crippen LogP contribution in [0.15, 0.2) is 36.7 Å². The second kappa shape index (κ2) is 6.29. The second-order valence-electron chi connectivity index (χ2n) is 4.49. The van der Waals surface area contributed by atoms with E-state index in [9.17, 15) is 4.79 Å². The minimum atomic E-state index is 0.168. The molecule has 0 spiro atoms. The second-order valence-corrected chi connectivity index (χ2v) is 4.49. The summed E-state index contributed by atoms with van der Waals surface area (Å²) in [5.41, 5.74) is 7.74. The number of carbonyl (C=O) groups is 1. The molecule has 0 saturated heterocycles. The average molecular weight is 257 g/mol. The molecular weight excluding hydrogens is 238 g/mol. The predicted molar refractivity (Wildman–Crippen MR) is 74.6 cm³/mol. The number of Topliss-reactive ketones (excluding diaryl/α,β-unsaturated/α-hetero) is 1. The number of rotatable bonds is 6. The van der Waals surface area contributed by atoms with Gasteiger partial charge in [0, 0.05) is 31.9 Å². The van der Waals surface area contributed by atoms with Gasteiger partial charge in [0.2, 0.25) is 0 Å². The van der Waals surface area contributed by atoms with Crippen molar-refractivity contribution in [2.45, 2.75) is 32.9 Å². The normalized spacial score (nSPS) is 10.6. The molecule has 100 valence electrons. The molecule has 4 heteroatoms. The molecule has 2 rings (SSSR count). The molecule has 0 aliphatic heterocycles. The molecule has 19 heavy (non-hydrogen) atoms. The van der Waals surface area contributed by atoms with E-state index in [-0.39, 0.29) is 5.78 Å². The number of carbonyl (C=O) groups excluding carboxylic acids is 1. The third kappa shape index (κ3) is 3.29. The smallest absolute Gasteiger partial charge is 0.144 e. The van der Waals surface area contributed by atoms with Gasteiger partial charge >= 0.3 is 0 Å². The Bertz CT molecular complexity index is 560. The summed E-state index contributed by atoms with van der Waals surface area (Å²) in [5, 5.41) is 0. The van der Waals surface area contributed by atoms with E-state index in [2.05, 4.69) is 4.98 Å². The molecule has 2 aromatic rings. The van der Waals surface area contributed by atoms with Gasteiger partial charge in [0.1, 0.15) is 11.6 Å². The van der Waals surface area contributed by atoms with Gasteiger partial charge in [-0.3, -0.25) is 4.79 Å². The first-order valence-electron chi connectivity index (χ1n) is 6.53. The highest BCUT2D eigenvalue weighted by molar-refractivity contribution is 5.82. The van der Waals surface area contributed by atoms with Crippen molar-refractivity contribution in [1.29, 1.82) is 0 Å². The Morgan fingerprint density at radius 3 is 2.68 bits per heavy atom. The molecule has 2 N–H and O–H groups in total. The topological polar surface area (TPSA) is 60.9 Å². The summed E-state index contributed by atoms with van der Waals surface area (Å²) in [6.07, 6.45) is 4.43. The fourth-order valence-corrected chi connectivity index (χ4v) is 2.18. The predicted octanol–water partition coefficient (Wildman–Crippen LogP) is 1.72. The van der Waals surface area contributed by atoms with E-state index in [0.29, 0.717) is 19.4 Å². The molecule has 0 atom stereocenters. The van der Waals surface area contributed by atoms with Gasteiger partial charge in [0.05, 0.1) is 6.42 Å². The quantitative estimate of drug-likeness (QED) is 0.857. The number of hydrogen-bond acceptors (Lipinski definition) is 3. The number of aromatic nitrogens is 2. The van der Waals surface area contributed by atoms with E-state index in [4.69, 9.17) is 5.73 Å². The summed E-state index contributed by atoms with van der Waals surface area (Å²) >= 11 is 0. The Balaban J connectivity index is 2.05. The van der Waals surface area contributed by atoms with Crippen LogP contribution >= 0.6 is 0 Å². The number of aryl methyl sites for hydroxylation is 1. The lowest BCUT2D eigenvalue weighted by atomic mass is 10.0. The molecule has 0 fully saturated rings. The molecule has 0 aliphatic rings. The Morgan fingerprint density at radius 1 is 1.26 bits per heavy atom. The maximum absolute atomic E-state index is 12.1. The molecule has 0 amide bonds. The van der Waals surface area contributed by atoms with Gasteiger partial charge < -0.3 is 10.3 Å². The molecule has 1 aromatic heterocycles. The lowest BCUT2D eigenvalue weighted by Gasteiger charge is -2.07. The Morgan fingerprint density at radius 2 is 2.00 bits per heavy atom. The van der Waals surface area contributed by atoms with Gasteiger partial charge in [-0.15, -0.1) is 0 Å². The SMILES string of the molecule is CCn1ccnc1CC(=O)Cc1ccccc1CN. The summed E-state index contributed by atoms with van der Waals surface area (Å²) in [7, 11) is 0. The molecule has 0 aliphatic carbocycles. The van der Waals surface area contributed by atoms with Crippen molar-refractivity contribution in [2.24, 2.45) is 5.73 Å². The van der Waals surface area contributed by atoms with Crippen molar-refractivity contribution < 1.29 is 4.79 Å². The van der Waals surface area contributed by atoms with E-state index in [1.54, 1.807) is 6.20 Å². The van der Waals surface area contributed by atoms with Crippen LogP contribution in [0.1, 0.15) is 23.9 Å². The van der Waals surface area contributed by atoms with Crippen molar-refractivity contribution in [1.82, 2.24) is 9.55 Å². The van der Waals surface area contributed by atoms with Crippen molar-refractivity contribution >= 4 is 5.78 Å². The minimum absolute atomic E-state index is 0.168. The zero-order chi connectivity index (χ0) is 13.7. The molecular formula is C15H19N3O. The summed E-state index contributed by atoms with van der Waals surface area (Å²) in [6.45, 7) is 3.34. The first kappa shape index (κ1) is 13.5. The zero-order valence-electron chi connectivity index (χ0n) is 11.2. The first-order chi connectivity index (χ1) is 9.24. The lowest BCUT2D eigenvalue weighted by Crippen LogP contribution is -2.13. The first-order valence-corrected chi connectivity index (χ1v) is 6.53. The van der Waals surface area contributed by atoms with E-state index in [1.807, 2.05) is 42.0 Å². The largest absolute Gasteiger partial charge is 0.335 e. The Kier molecular flexibility index (Phi) is 4.47. The van der Waals surface area contributed by atoms with Crippen LogP contribution in [-0.4, -0.2) is 15.3 Å². The van der Waals surface area contributed by atoms with Gasteiger partial charge in [-0.1, -0.05) is 24.3 Å². The van der Waals surface area contributed by atoms with Crippen molar-refractivity contribution in [3.63, 3.8) is 0 Å². The highest BCUT2D eigenvalue weighted by atomic mass is 16.1. The van der Waals surface area contributed by atoms with E-state index >= 15 is 0 Å². The maximum atomic E-state index is 12.1. The summed E-state index contributed by atoms with van der Waals surface area (Å²) < 4.78 is 1.99. The zero-order valence-corrected chi connectivity index (χ0v) is 11.2. The Labute approximate surface area is 113 Å². The number of imidazole rings is 1. The number of nitrogens with two attached hydrogens (primary N) is 1. The fourth-order valence-electron chi connectivity index (χ4n) is 2.18. The van der Waals surface area contributed by atoms with Crippen LogP contribution in [0.25, 0.3) is 0 Å². The maximum Gasteiger partial charge on any atom is 0.144 e. The van der Waals surface area contributed by atoms with E-state index < -0.39 is 0 Å². The van der Waals surface area contributed by atoms with Gasteiger partial charge in [-0.05, 0) is 18.1 Å². The molecule has 0 saturated carbocycles. The van der Waals surface area contributed by atoms with Crippen LogP contribution in [0.5, 0.6) is 0 Å². The number of nitrogens with zero attached hydrogens (tertiary/aromatic N) is 2. The number of ketones is 1. The summed E-state index contributed by atoms with van der Waals surface area (Å²) in [4.78, 5) is 16.4. The standard InChI is InChI=1S/C15H19N3O/c1-2-18-8-7-17-15(18)10-14(19)9-12-5-3-4-6-13(12)11-16/h3-8H,2,9-11,16H2,1H3. The molecule has 4 nitrogen and oxygen atoms in total. The van der Waals surface area contributed by atoms with Gasteiger partial charge in [0.25, 0.3) is 0 Å². The van der Waals surface area contributed by atoms with E-state index in [1.165, 1.54) is 0 Å². The van der Waals surface area contributed by atoms with Crippen LogP contribution in [0, 0.1) is 0 Å². The van der Waals surface area contributed by atoms with Crippen LogP contribution in [0.3, 0.4) is 0 Å². The molecule has 1 aromatic carbocycles. The van der Waals surface area contributed by atoms with Crippen LogP contribution in [0.4, 0.5) is 0 Å². The van der Waals surface area contributed by atoms with Crippen molar-refractivity contribution in [3.05, 3.63) is 53.6 Å². The van der Waals surface area contributed by atoms with Crippen LogP contribution in [0.2, 0.25) is 0 Å². The van der Waals surface area contributed by atoms with Crippen LogP contribution in [-0.2, 0) is 30.7 Å². The van der Waals surface area contributed by atoms with Gasteiger partial charge in [-0.2, -0.15) is 0 Å². The van der Waals surface area contributed by atoms with Gasteiger partial charge in [0.15, 0.2) is 0 Å². The summed E-state index contributed by atoms with van der Waals surface area (Å²) in [5.74, 6) is 1.000. The summed E-state index contributed by atoms with van der Waals surface area (Å²) in [6, 6.07) is 7.82. The third-order valence-corrected chi connectivity index (χ3v) is 3.22. The fraction of sp³-hybridized carbons (Fsp3) is 0.333.